The molecule has 0 radical (unpaired) electrons. The van der Waals surface area contributed by atoms with Crippen LogP contribution in [0.4, 0.5) is 24.7 Å². The summed E-state index contributed by atoms with van der Waals surface area (Å²) in [5.74, 6) is -0.804. The van der Waals surface area contributed by atoms with Crippen molar-refractivity contribution in [2.24, 2.45) is 0 Å². The maximum absolute atomic E-state index is 13.4. The summed E-state index contributed by atoms with van der Waals surface area (Å²) in [7, 11) is 0. The van der Waals surface area contributed by atoms with E-state index in [2.05, 4.69) is 10.3 Å². The lowest BCUT2D eigenvalue weighted by molar-refractivity contribution is -0.136. The molecule has 0 aliphatic carbocycles. The normalized spacial score (nSPS) is 11.6. The van der Waals surface area contributed by atoms with Gasteiger partial charge >= 0.3 is 6.18 Å². The molecule has 9 heteroatoms. The molecule has 0 saturated carbocycles. The van der Waals surface area contributed by atoms with Crippen LogP contribution in [0.2, 0.25) is 10.0 Å². The fourth-order valence-electron chi connectivity index (χ4n) is 2.71. The summed E-state index contributed by atoms with van der Waals surface area (Å²) in [4.78, 5) is 27.3. The third kappa shape index (κ3) is 3.65. The molecule has 27 heavy (non-hydrogen) atoms. The number of ketones is 1. The average Bonchev–Trinajstić information content (AvgIpc) is 2.56. The Bertz CT molecular complexity index is 1120. The number of carbonyl (C=O) groups is 1. The minimum absolute atomic E-state index is 0.180. The van der Waals surface area contributed by atoms with E-state index in [4.69, 9.17) is 23.2 Å². The van der Waals surface area contributed by atoms with Gasteiger partial charge in [-0.1, -0.05) is 35.3 Å². The largest absolute Gasteiger partial charge is 0.418 e. The van der Waals surface area contributed by atoms with Crippen molar-refractivity contribution in [1.82, 2.24) is 4.98 Å². The number of alkyl halides is 3. The van der Waals surface area contributed by atoms with Gasteiger partial charge in [0.05, 0.1) is 21.8 Å². The molecule has 2 aromatic carbocycles. The molecule has 2 N–H and O–H groups in total. The van der Waals surface area contributed by atoms with Crippen LogP contribution in [0.15, 0.2) is 41.2 Å². The van der Waals surface area contributed by atoms with Gasteiger partial charge in [-0.3, -0.25) is 9.59 Å². The van der Waals surface area contributed by atoms with Gasteiger partial charge in [0, 0.05) is 10.4 Å². The van der Waals surface area contributed by atoms with Crippen LogP contribution in [0.5, 0.6) is 0 Å². The molecule has 0 fully saturated rings. The number of halogens is 5. The Morgan fingerprint density at radius 2 is 1.81 bits per heavy atom. The molecule has 0 amide bonds. The lowest BCUT2D eigenvalue weighted by Gasteiger charge is -2.16. The Morgan fingerprint density at radius 3 is 2.41 bits per heavy atom. The number of nitrogens with one attached hydrogen (secondary N) is 2. The summed E-state index contributed by atoms with van der Waals surface area (Å²) in [6.07, 6.45) is -4.76. The zero-order chi connectivity index (χ0) is 19.9. The number of anilines is 2. The van der Waals surface area contributed by atoms with Crippen LogP contribution in [-0.2, 0) is 6.18 Å². The van der Waals surface area contributed by atoms with Gasteiger partial charge in [0.25, 0.3) is 0 Å². The smallest absolute Gasteiger partial charge is 0.340 e. The summed E-state index contributed by atoms with van der Waals surface area (Å²) in [6.45, 7) is 1.14. The first-order chi connectivity index (χ1) is 12.6. The highest BCUT2D eigenvalue weighted by atomic mass is 35.5. The standard InChI is InChI=1S/C18H11Cl2F3N2O2/c1-8(26)14-16(27)10-6-9(19)7-11(18(21,22)23)15(10)25-17(14)24-13-5-3-2-4-12(13)20/h2-7H,1H3,(H2,24,25,27). The molecule has 1 heterocycles. The highest BCUT2D eigenvalue weighted by Crippen LogP contribution is 2.36. The Hall–Kier alpha value is -2.51. The number of H-pyrrole nitrogens is 1. The van der Waals surface area contributed by atoms with E-state index < -0.39 is 28.5 Å². The van der Waals surface area contributed by atoms with Gasteiger partial charge in [0.15, 0.2) is 5.78 Å². The number of hydrogen-bond acceptors (Lipinski definition) is 3. The molecule has 4 nitrogen and oxygen atoms in total. The Morgan fingerprint density at radius 1 is 1.15 bits per heavy atom. The van der Waals surface area contributed by atoms with Crippen LogP contribution in [0.25, 0.3) is 10.9 Å². The van der Waals surface area contributed by atoms with E-state index in [1.807, 2.05) is 0 Å². The third-order valence-electron chi connectivity index (χ3n) is 3.87. The topological polar surface area (TPSA) is 62.0 Å². The maximum atomic E-state index is 13.4. The van der Waals surface area contributed by atoms with Crippen LogP contribution in [-0.4, -0.2) is 10.8 Å². The fraction of sp³-hybridized carbons (Fsp3) is 0.111. The number of carbonyl (C=O) groups excluding carboxylic acids is 1. The van der Waals surface area contributed by atoms with E-state index >= 15 is 0 Å². The minimum Gasteiger partial charge on any atom is -0.340 e. The van der Waals surface area contributed by atoms with Crippen LogP contribution in [0, 0.1) is 0 Å². The van der Waals surface area contributed by atoms with Gasteiger partial charge in [-0.25, -0.2) is 0 Å². The summed E-state index contributed by atoms with van der Waals surface area (Å²) in [5, 5.41) is 2.41. The van der Waals surface area contributed by atoms with Gasteiger partial charge < -0.3 is 10.3 Å². The molecule has 0 aliphatic heterocycles. The van der Waals surface area contributed by atoms with Crippen molar-refractivity contribution >= 4 is 51.4 Å². The number of fused-ring (bicyclic) bond motifs is 1. The van der Waals surface area contributed by atoms with E-state index in [9.17, 15) is 22.8 Å². The van der Waals surface area contributed by atoms with E-state index in [1.165, 1.54) is 0 Å². The van der Waals surface area contributed by atoms with E-state index in [1.54, 1.807) is 24.3 Å². The monoisotopic (exact) mass is 414 g/mol. The molecule has 0 saturated heterocycles. The predicted octanol–water partition coefficient (Wildman–Crippen LogP) is 5.80. The first-order valence-electron chi connectivity index (χ1n) is 7.59. The molecule has 0 atom stereocenters. The van der Waals surface area contributed by atoms with Crippen LogP contribution in [0.3, 0.4) is 0 Å². The number of pyridine rings is 1. The number of rotatable bonds is 3. The van der Waals surface area contributed by atoms with Crippen molar-refractivity contribution < 1.29 is 18.0 Å². The first-order valence-corrected chi connectivity index (χ1v) is 8.34. The van der Waals surface area contributed by atoms with Gasteiger partial charge in [0.1, 0.15) is 11.4 Å². The summed E-state index contributed by atoms with van der Waals surface area (Å²) in [5.41, 5.74) is -2.45. The fourth-order valence-corrected chi connectivity index (χ4v) is 3.11. The zero-order valence-corrected chi connectivity index (χ0v) is 15.2. The maximum Gasteiger partial charge on any atom is 0.418 e. The van der Waals surface area contributed by atoms with Crippen LogP contribution >= 0.6 is 23.2 Å². The first kappa shape index (κ1) is 19.3. The molecule has 1 aromatic heterocycles. The molecule has 0 spiro atoms. The van der Waals surface area contributed by atoms with Gasteiger partial charge in [-0.2, -0.15) is 13.2 Å². The molecule has 0 aliphatic rings. The van der Waals surface area contributed by atoms with Crippen molar-refractivity contribution in [1.29, 1.82) is 0 Å². The molecule has 0 bridgehead atoms. The Balaban J connectivity index is 2.37. The predicted molar refractivity (Wildman–Crippen MR) is 99.3 cm³/mol. The number of Topliss-reactive ketones (excluding diaryl/α,β-unsaturated/α-hetero) is 1. The van der Waals surface area contributed by atoms with Crippen LogP contribution in [0.1, 0.15) is 22.8 Å². The van der Waals surface area contributed by atoms with Crippen molar-refractivity contribution in [3.8, 4) is 0 Å². The Labute approximate surface area is 160 Å². The molecular weight excluding hydrogens is 404 g/mol. The number of aromatic nitrogens is 1. The van der Waals surface area contributed by atoms with E-state index in [0.717, 1.165) is 13.0 Å². The highest BCUT2D eigenvalue weighted by Gasteiger charge is 2.34. The number of aromatic amines is 1. The minimum atomic E-state index is -4.76. The summed E-state index contributed by atoms with van der Waals surface area (Å²) in [6, 6.07) is 8.22. The molecule has 140 valence electrons. The Kier molecular flexibility index (Phi) is 4.92. The second-order valence-electron chi connectivity index (χ2n) is 5.74. The molecule has 3 rings (SSSR count). The molecular formula is C18H11Cl2F3N2O2. The van der Waals surface area contributed by atoms with Gasteiger partial charge in [-0.15, -0.1) is 0 Å². The molecule has 0 unspecified atom stereocenters. The van der Waals surface area contributed by atoms with Gasteiger partial charge in [-0.05, 0) is 31.2 Å². The van der Waals surface area contributed by atoms with Crippen molar-refractivity contribution in [3.63, 3.8) is 0 Å². The molecule has 3 aromatic rings. The lowest BCUT2D eigenvalue weighted by atomic mass is 10.0. The number of benzene rings is 2. The SMILES string of the molecule is CC(=O)c1c(Nc2ccccc2Cl)[nH]c2c(C(F)(F)F)cc(Cl)cc2c1=O. The second-order valence-corrected chi connectivity index (χ2v) is 6.58. The highest BCUT2D eigenvalue weighted by molar-refractivity contribution is 6.33. The van der Waals surface area contributed by atoms with Gasteiger partial charge in [0.2, 0.25) is 5.43 Å². The van der Waals surface area contributed by atoms with E-state index in [-0.39, 0.29) is 26.8 Å². The van der Waals surface area contributed by atoms with Crippen molar-refractivity contribution in [2.75, 3.05) is 5.32 Å². The zero-order valence-electron chi connectivity index (χ0n) is 13.7. The van der Waals surface area contributed by atoms with Crippen molar-refractivity contribution in [2.45, 2.75) is 13.1 Å². The van der Waals surface area contributed by atoms with Crippen molar-refractivity contribution in [3.05, 3.63) is 67.8 Å². The van der Waals surface area contributed by atoms with E-state index in [0.29, 0.717) is 11.8 Å². The number of hydrogen-bond donors (Lipinski definition) is 2. The van der Waals surface area contributed by atoms with Crippen LogP contribution < -0.4 is 10.7 Å². The number of para-hydroxylation sites is 1. The second kappa shape index (κ2) is 6.90. The quantitative estimate of drug-likeness (QED) is 0.532. The lowest BCUT2D eigenvalue weighted by Crippen LogP contribution is -2.19. The average molecular weight is 415 g/mol. The third-order valence-corrected chi connectivity index (χ3v) is 4.41. The summed E-state index contributed by atoms with van der Waals surface area (Å²) >= 11 is 11.8. The summed E-state index contributed by atoms with van der Waals surface area (Å²) < 4.78 is 40.3.